The van der Waals surface area contributed by atoms with Crippen LogP contribution in [0.3, 0.4) is 0 Å². The summed E-state index contributed by atoms with van der Waals surface area (Å²) < 4.78 is 0. The third-order valence-corrected chi connectivity index (χ3v) is 3.27. The van der Waals surface area contributed by atoms with E-state index in [0.717, 1.165) is 18.8 Å². The average Bonchev–Trinajstić information content (AvgIpc) is 2.11. The first kappa shape index (κ1) is 11.0. The Hall–Kier alpha value is -0.0400. The molecule has 1 saturated carbocycles. The Bertz CT molecular complexity index is 120. The van der Waals surface area contributed by atoms with Crippen LogP contribution in [0.5, 0.6) is 0 Å². The zero-order chi connectivity index (χ0) is 9.52. The maximum absolute atomic E-state index is 9.56. The van der Waals surface area contributed by atoms with Crippen molar-refractivity contribution < 1.29 is 5.11 Å². The molecule has 1 N–H and O–H groups in total. The van der Waals surface area contributed by atoms with Gasteiger partial charge in [0.2, 0.25) is 0 Å². The highest BCUT2D eigenvalue weighted by atomic mass is 16.3. The predicted octanol–water partition coefficient (Wildman–Crippen LogP) is 3.51. The van der Waals surface area contributed by atoms with Crippen LogP contribution >= 0.6 is 0 Å². The normalized spacial score (nSPS) is 30.9. The van der Waals surface area contributed by atoms with E-state index in [1.165, 1.54) is 44.9 Å². The minimum absolute atomic E-state index is 0.00410. The Balaban J connectivity index is 2.20. The maximum atomic E-state index is 9.56. The van der Waals surface area contributed by atoms with Gasteiger partial charge in [-0.25, -0.2) is 0 Å². The van der Waals surface area contributed by atoms with E-state index in [4.69, 9.17) is 0 Å². The lowest BCUT2D eigenvalue weighted by Gasteiger charge is -2.22. The van der Waals surface area contributed by atoms with Crippen molar-refractivity contribution in [1.29, 1.82) is 0 Å². The summed E-state index contributed by atoms with van der Waals surface area (Å²) in [7, 11) is 0. The van der Waals surface area contributed by atoms with E-state index in [0.29, 0.717) is 0 Å². The molecular formula is C12H24O. The van der Waals surface area contributed by atoms with Crippen LogP contribution in [0.2, 0.25) is 0 Å². The molecule has 13 heavy (non-hydrogen) atoms. The van der Waals surface area contributed by atoms with E-state index >= 15 is 0 Å². The van der Waals surface area contributed by atoms with Crippen LogP contribution in [-0.4, -0.2) is 11.2 Å². The minimum atomic E-state index is 0.00410. The largest absolute Gasteiger partial charge is 0.393 e. The van der Waals surface area contributed by atoms with Crippen LogP contribution in [-0.2, 0) is 0 Å². The monoisotopic (exact) mass is 184 g/mol. The Kier molecular flexibility index (Phi) is 5.45. The zero-order valence-electron chi connectivity index (χ0n) is 8.97. The first-order valence-electron chi connectivity index (χ1n) is 6.01. The first-order chi connectivity index (χ1) is 6.33. The number of aliphatic hydroxyl groups excluding tert-OH is 1. The predicted molar refractivity (Wildman–Crippen MR) is 56.7 cm³/mol. The fraction of sp³-hybridized carbons (Fsp3) is 1.00. The summed E-state index contributed by atoms with van der Waals surface area (Å²) in [6.07, 6.45) is 11.4. The molecule has 0 aromatic heterocycles. The Morgan fingerprint density at radius 2 is 1.85 bits per heavy atom. The van der Waals surface area contributed by atoms with E-state index < -0.39 is 0 Å². The van der Waals surface area contributed by atoms with Crippen LogP contribution in [0.15, 0.2) is 0 Å². The van der Waals surface area contributed by atoms with Gasteiger partial charge in [0.15, 0.2) is 0 Å². The second kappa shape index (κ2) is 6.42. The number of rotatable bonds is 3. The third-order valence-electron chi connectivity index (χ3n) is 3.27. The molecule has 0 radical (unpaired) electrons. The van der Waals surface area contributed by atoms with Crippen molar-refractivity contribution in [1.82, 2.24) is 0 Å². The van der Waals surface area contributed by atoms with Crippen molar-refractivity contribution in [2.75, 3.05) is 0 Å². The van der Waals surface area contributed by atoms with E-state index in [1.807, 2.05) is 0 Å². The van der Waals surface area contributed by atoms with Crippen molar-refractivity contribution in [3.05, 3.63) is 0 Å². The van der Waals surface area contributed by atoms with Gasteiger partial charge >= 0.3 is 0 Å². The van der Waals surface area contributed by atoms with E-state index in [-0.39, 0.29) is 6.10 Å². The zero-order valence-corrected chi connectivity index (χ0v) is 8.97. The minimum Gasteiger partial charge on any atom is -0.393 e. The average molecular weight is 184 g/mol. The smallest absolute Gasteiger partial charge is 0.0540 e. The van der Waals surface area contributed by atoms with Crippen LogP contribution < -0.4 is 0 Å². The molecule has 1 heteroatoms. The van der Waals surface area contributed by atoms with Crippen molar-refractivity contribution >= 4 is 0 Å². The summed E-state index contributed by atoms with van der Waals surface area (Å²) in [5.74, 6) is 0.912. The molecule has 0 aliphatic heterocycles. The summed E-state index contributed by atoms with van der Waals surface area (Å²) in [6, 6.07) is 0. The van der Waals surface area contributed by atoms with Crippen molar-refractivity contribution in [2.45, 2.75) is 70.8 Å². The van der Waals surface area contributed by atoms with Gasteiger partial charge in [-0.3, -0.25) is 0 Å². The molecule has 0 aromatic rings. The summed E-state index contributed by atoms with van der Waals surface area (Å²) in [4.78, 5) is 0. The highest BCUT2D eigenvalue weighted by Crippen LogP contribution is 2.26. The number of unbranched alkanes of at least 4 members (excludes halogenated alkanes) is 1. The fourth-order valence-corrected chi connectivity index (χ4v) is 2.31. The summed E-state index contributed by atoms with van der Waals surface area (Å²) in [6.45, 7) is 2.26. The van der Waals surface area contributed by atoms with Crippen LogP contribution in [0, 0.1) is 5.92 Å². The topological polar surface area (TPSA) is 20.2 Å². The molecule has 78 valence electrons. The second-order valence-electron chi connectivity index (χ2n) is 4.52. The van der Waals surface area contributed by atoms with Gasteiger partial charge in [-0.2, -0.15) is 0 Å². The van der Waals surface area contributed by atoms with Gasteiger partial charge in [-0.15, -0.1) is 0 Å². The van der Waals surface area contributed by atoms with Gasteiger partial charge in [0, 0.05) is 0 Å². The molecule has 0 bridgehead atoms. The van der Waals surface area contributed by atoms with Gasteiger partial charge in [0.05, 0.1) is 6.10 Å². The lowest BCUT2D eigenvalue weighted by molar-refractivity contribution is 0.129. The summed E-state index contributed by atoms with van der Waals surface area (Å²) >= 11 is 0. The SMILES string of the molecule is CCCC[C@@H]1CCCC[C@@H](O)CC1. The molecule has 2 atom stereocenters. The molecule has 1 aliphatic rings. The van der Waals surface area contributed by atoms with Crippen molar-refractivity contribution in [3.63, 3.8) is 0 Å². The molecule has 0 heterocycles. The number of hydrogen-bond acceptors (Lipinski definition) is 1. The molecular weight excluding hydrogens is 160 g/mol. The lowest BCUT2D eigenvalue weighted by atomic mass is 9.87. The fourth-order valence-electron chi connectivity index (χ4n) is 2.31. The second-order valence-corrected chi connectivity index (χ2v) is 4.52. The van der Waals surface area contributed by atoms with E-state index in [1.54, 1.807) is 0 Å². The van der Waals surface area contributed by atoms with Crippen molar-refractivity contribution in [3.8, 4) is 0 Å². The maximum Gasteiger partial charge on any atom is 0.0540 e. The van der Waals surface area contributed by atoms with Gasteiger partial charge < -0.3 is 5.11 Å². The van der Waals surface area contributed by atoms with Crippen LogP contribution in [0.1, 0.15) is 64.7 Å². The number of aliphatic hydroxyl groups is 1. The summed E-state index contributed by atoms with van der Waals surface area (Å²) in [5.41, 5.74) is 0. The van der Waals surface area contributed by atoms with Gasteiger partial charge in [-0.05, 0) is 25.2 Å². The quantitative estimate of drug-likeness (QED) is 0.711. The lowest BCUT2D eigenvalue weighted by Crippen LogP contribution is -2.13. The molecule has 0 amide bonds. The molecule has 1 fully saturated rings. The molecule has 0 saturated heterocycles. The Labute approximate surface area is 82.5 Å². The molecule has 0 unspecified atom stereocenters. The molecule has 1 rings (SSSR count). The van der Waals surface area contributed by atoms with Gasteiger partial charge in [-0.1, -0.05) is 45.4 Å². The van der Waals surface area contributed by atoms with E-state index in [9.17, 15) is 5.11 Å². The van der Waals surface area contributed by atoms with Crippen LogP contribution in [0.4, 0.5) is 0 Å². The third kappa shape index (κ3) is 4.66. The van der Waals surface area contributed by atoms with Gasteiger partial charge in [0.1, 0.15) is 0 Å². The molecule has 1 aliphatic carbocycles. The number of hydrogen-bond donors (Lipinski definition) is 1. The molecule has 1 nitrogen and oxygen atoms in total. The molecule has 0 spiro atoms. The highest BCUT2D eigenvalue weighted by Gasteiger charge is 2.14. The van der Waals surface area contributed by atoms with E-state index in [2.05, 4.69) is 6.92 Å². The van der Waals surface area contributed by atoms with Gasteiger partial charge in [0.25, 0.3) is 0 Å². The Morgan fingerprint density at radius 1 is 1.08 bits per heavy atom. The highest BCUT2D eigenvalue weighted by molar-refractivity contribution is 4.67. The standard InChI is InChI=1S/C12H24O/c1-2-3-6-11-7-4-5-8-12(13)10-9-11/h11-13H,2-10H2,1H3/t11-,12-/m1/s1. The first-order valence-corrected chi connectivity index (χ1v) is 6.01. The Morgan fingerprint density at radius 3 is 2.62 bits per heavy atom. The molecule has 0 aromatic carbocycles. The summed E-state index contributed by atoms with van der Waals surface area (Å²) in [5, 5.41) is 9.56. The van der Waals surface area contributed by atoms with Crippen molar-refractivity contribution in [2.24, 2.45) is 5.92 Å². The van der Waals surface area contributed by atoms with Crippen LogP contribution in [0.25, 0.3) is 0 Å².